The second kappa shape index (κ2) is 4.00. The first kappa shape index (κ1) is 10.5. The molecule has 4 heteroatoms. The van der Waals surface area contributed by atoms with Crippen molar-refractivity contribution in [2.24, 2.45) is 5.73 Å². The SMILES string of the molecule is NC1CC2CCC(C1)N2C1CCCNC1=O. The van der Waals surface area contributed by atoms with Crippen LogP contribution in [0.3, 0.4) is 0 Å². The van der Waals surface area contributed by atoms with Crippen LogP contribution < -0.4 is 11.1 Å². The molecule has 0 aliphatic carbocycles. The van der Waals surface area contributed by atoms with Gasteiger partial charge in [0.15, 0.2) is 0 Å². The Morgan fingerprint density at radius 2 is 1.88 bits per heavy atom. The van der Waals surface area contributed by atoms with Crippen LogP contribution in [0.5, 0.6) is 0 Å². The Labute approximate surface area is 96.5 Å². The molecular formula is C12H21N3O. The van der Waals surface area contributed by atoms with E-state index in [9.17, 15) is 4.79 Å². The van der Waals surface area contributed by atoms with Gasteiger partial charge >= 0.3 is 0 Å². The lowest BCUT2D eigenvalue weighted by molar-refractivity contribution is -0.130. The van der Waals surface area contributed by atoms with Crippen molar-refractivity contribution in [3.63, 3.8) is 0 Å². The van der Waals surface area contributed by atoms with E-state index >= 15 is 0 Å². The van der Waals surface area contributed by atoms with Crippen molar-refractivity contribution in [1.82, 2.24) is 10.2 Å². The highest BCUT2D eigenvalue weighted by Crippen LogP contribution is 2.37. The van der Waals surface area contributed by atoms with Crippen molar-refractivity contribution < 1.29 is 4.79 Å². The van der Waals surface area contributed by atoms with Gasteiger partial charge in [-0.15, -0.1) is 0 Å². The van der Waals surface area contributed by atoms with Gasteiger partial charge in [0.05, 0.1) is 6.04 Å². The predicted octanol–water partition coefficient (Wildman–Crippen LogP) is 0.219. The van der Waals surface area contributed by atoms with E-state index in [1.165, 1.54) is 12.8 Å². The minimum atomic E-state index is 0.138. The molecule has 0 aromatic rings. The number of carbonyl (C=O) groups is 1. The number of hydrogen-bond acceptors (Lipinski definition) is 3. The van der Waals surface area contributed by atoms with Gasteiger partial charge in [0.2, 0.25) is 5.91 Å². The summed E-state index contributed by atoms with van der Waals surface area (Å²) in [6.07, 6.45) is 6.80. The number of amides is 1. The van der Waals surface area contributed by atoms with E-state index in [4.69, 9.17) is 5.73 Å². The molecule has 3 N–H and O–H groups in total. The number of fused-ring (bicyclic) bond motifs is 2. The van der Waals surface area contributed by atoms with Crippen LogP contribution in [0.1, 0.15) is 38.5 Å². The molecule has 3 heterocycles. The number of nitrogens with zero attached hydrogens (tertiary/aromatic N) is 1. The zero-order chi connectivity index (χ0) is 11.1. The molecule has 4 nitrogen and oxygen atoms in total. The first-order chi connectivity index (χ1) is 7.75. The third-order valence-electron chi connectivity index (χ3n) is 4.44. The highest BCUT2D eigenvalue weighted by Gasteiger charge is 2.45. The lowest BCUT2D eigenvalue weighted by Gasteiger charge is -2.43. The number of nitrogens with two attached hydrogens (primary N) is 1. The molecule has 2 bridgehead atoms. The van der Waals surface area contributed by atoms with Crippen molar-refractivity contribution >= 4 is 5.91 Å². The van der Waals surface area contributed by atoms with Crippen molar-refractivity contribution in [2.45, 2.75) is 62.7 Å². The monoisotopic (exact) mass is 223 g/mol. The molecule has 16 heavy (non-hydrogen) atoms. The first-order valence-corrected chi connectivity index (χ1v) is 6.56. The molecule has 0 radical (unpaired) electrons. The molecule has 3 rings (SSSR count). The summed E-state index contributed by atoms with van der Waals surface area (Å²) in [5.74, 6) is 0.249. The Bertz CT molecular complexity index is 280. The summed E-state index contributed by atoms with van der Waals surface area (Å²) in [6, 6.07) is 1.64. The van der Waals surface area contributed by atoms with Crippen LogP contribution in [-0.2, 0) is 4.79 Å². The molecule has 0 saturated carbocycles. The lowest BCUT2D eigenvalue weighted by Crippen LogP contribution is -2.58. The van der Waals surface area contributed by atoms with Crippen LogP contribution in [0.15, 0.2) is 0 Å². The summed E-state index contributed by atoms with van der Waals surface area (Å²) in [6.45, 7) is 0.859. The standard InChI is InChI=1S/C12H21N3O/c13-8-6-9-3-4-10(7-8)15(9)11-2-1-5-14-12(11)16/h8-11H,1-7,13H2,(H,14,16). The van der Waals surface area contributed by atoms with E-state index in [1.807, 2.05) is 0 Å². The highest BCUT2D eigenvalue weighted by atomic mass is 16.2. The summed E-state index contributed by atoms with van der Waals surface area (Å²) >= 11 is 0. The van der Waals surface area contributed by atoms with E-state index in [2.05, 4.69) is 10.2 Å². The second-order valence-electron chi connectivity index (χ2n) is 5.51. The number of carbonyl (C=O) groups excluding carboxylic acids is 1. The van der Waals surface area contributed by atoms with Crippen molar-refractivity contribution in [2.75, 3.05) is 6.54 Å². The maximum atomic E-state index is 11.9. The Kier molecular flexibility index (Phi) is 2.64. The predicted molar refractivity (Wildman–Crippen MR) is 61.9 cm³/mol. The normalized spacial score (nSPS) is 44.4. The molecule has 3 fully saturated rings. The first-order valence-electron chi connectivity index (χ1n) is 6.56. The number of piperidine rings is 2. The Morgan fingerprint density at radius 1 is 1.19 bits per heavy atom. The Morgan fingerprint density at radius 3 is 2.50 bits per heavy atom. The summed E-state index contributed by atoms with van der Waals surface area (Å²) in [7, 11) is 0. The van der Waals surface area contributed by atoms with E-state index in [0.717, 1.165) is 32.2 Å². The van der Waals surface area contributed by atoms with E-state index in [1.54, 1.807) is 0 Å². The molecule has 3 saturated heterocycles. The fourth-order valence-corrected chi connectivity index (χ4v) is 3.80. The summed E-state index contributed by atoms with van der Waals surface area (Å²) in [4.78, 5) is 14.4. The molecule has 3 aliphatic rings. The summed E-state index contributed by atoms with van der Waals surface area (Å²) < 4.78 is 0. The molecule has 1 amide bonds. The molecular weight excluding hydrogens is 202 g/mol. The van der Waals surface area contributed by atoms with Crippen LogP contribution in [0.25, 0.3) is 0 Å². The third kappa shape index (κ3) is 1.64. The average molecular weight is 223 g/mol. The van der Waals surface area contributed by atoms with E-state index in [0.29, 0.717) is 18.1 Å². The van der Waals surface area contributed by atoms with Crippen LogP contribution in [0.4, 0.5) is 0 Å². The summed E-state index contributed by atoms with van der Waals surface area (Å²) in [5.41, 5.74) is 6.05. The Hall–Kier alpha value is -0.610. The van der Waals surface area contributed by atoms with Gasteiger partial charge in [-0.1, -0.05) is 0 Å². The number of rotatable bonds is 1. The topological polar surface area (TPSA) is 58.4 Å². The van der Waals surface area contributed by atoms with Crippen LogP contribution in [0, 0.1) is 0 Å². The second-order valence-corrected chi connectivity index (χ2v) is 5.51. The zero-order valence-corrected chi connectivity index (χ0v) is 9.69. The average Bonchev–Trinajstić information content (AvgIpc) is 2.53. The molecule has 3 unspecified atom stereocenters. The molecule has 3 atom stereocenters. The minimum Gasteiger partial charge on any atom is -0.355 e. The van der Waals surface area contributed by atoms with Crippen molar-refractivity contribution in [3.05, 3.63) is 0 Å². The number of hydrogen-bond donors (Lipinski definition) is 2. The Balaban J connectivity index is 1.77. The highest BCUT2D eigenvalue weighted by molar-refractivity contribution is 5.82. The van der Waals surface area contributed by atoms with E-state index < -0.39 is 0 Å². The molecule has 90 valence electrons. The largest absolute Gasteiger partial charge is 0.355 e. The van der Waals surface area contributed by atoms with Crippen LogP contribution in [-0.4, -0.2) is 41.5 Å². The van der Waals surface area contributed by atoms with Gasteiger partial charge in [0.25, 0.3) is 0 Å². The van der Waals surface area contributed by atoms with Gasteiger partial charge in [-0.2, -0.15) is 0 Å². The maximum Gasteiger partial charge on any atom is 0.237 e. The van der Waals surface area contributed by atoms with Crippen LogP contribution >= 0.6 is 0 Å². The molecule has 0 aromatic carbocycles. The fourth-order valence-electron chi connectivity index (χ4n) is 3.80. The lowest BCUT2D eigenvalue weighted by atomic mass is 9.93. The molecule has 0 aromatic heterocycles. The molecule has 3 aliphatic heterocycles. The smallest absolute Gasteiger partial charge is 0.237 e. The van der Waals surface area contributed by atoms with Gasteiger partial charge in [0.1, 0.15) is 0 Å². The van der Waals surface area contributed by atoms with Crippen LogP contribution in [0.2, 0.25) is 0 Å². The fraction of sp³-hybridized carbons (Fsp3) is 0.917. The summed E-state index contributed by atoms with van der Waals surface area (Å²) in [5, 5.41) is 3.00. The quantitative estimate of drug-likeness (QED) is 0.668. The van der Waals surface area contributed by atoms with Gasteiger partial charge in [-0.05, 0) is 38.5 Å². The van der Waals surface area contributed by atoms with Crippen molar-refractivity contribution in [3.8, 4) is 0 Å². The van der Waals surface area contributed by atoms with Gasteiger partial charge in [-0.3, -0.25) is 9.69 Å². The maximum absolute atomic E-state index is 11.9. The zero-order valence-electron chi connectivity index (χ0n) is 9.69. The third-order valence-corrected chi connectivity index (χ3v) is 4.44. The van der Waals surface area contributed by atoms with Crippen molar-refractivity contribution in [1.29, 1.82) is 0 Å². The minimum absolute atomic E-state index is 0.138. The van der Waals surface area contributed by atoms with E-state index in [-0.39, 0.29) is 11.9 Å². The number of nitrogens with one attached hydrogen (secondary N) is 1. The van der Waals surface area contributed by atoms with Gasteiger partial charge in [0, 0.05) is 24.7 Å². The molecule has 0 spiro atoms. The van der Waals surface area contributed by atoms with Gasteiger partial charge in [-0.25, -0.2) is 0 Å². The van der Waals surface area contributed by atoms with Gasteiger partial charge < -0.3 is 11.1 Å².